The lowest BCUT2D eigenvalue weighted by atomic mass is 9.78. The molecule has 32 heavy (non-hydrogen) atoms. The quantitative estimate of drug-likeness (QED) is 0.544. The number of aromatic nitrogens is 1. The van der Waals surface area contributed by atoms with E-state index in [0.717, 1.165) is 36.8 Å². The number of carbonyl (C=O) groups excluding carboxylic acids is 1. The van der Waals surface area contributed by atoms with Crippen molar-refractivity contribution in [3.8, 4) is 11.3 Å². The van der Waals surface area contributed by atoms with Gasteiger partial charge in [0.2, 0.25) is 15.9 Å². The van der Waals surface area contributed by atoms with Crippen LogP contribution in [0.1, 0.15) is 31.2 Å². The first-order valence-electron chi connectivity index (χ1n) is 10.4. The molecule has 2 N–H and O–H groups in total. The van der Waals surface area contributed by atoms with Crippen LogP contribution in [0, 0.1) is 0 Å². The second-order valence-electron chi connectivity index (χ2n) is 7.89. The summed E-state index contributed by atoms with van der Waals surface area (Å²) in [6.07, 6.45) is 3.54. The van der Waals surface area contributed by atoms with Crippen molar-refractivity contribution in [1.82, 2.24) is 9.71 Å². The summed E-state index contributed by atoms with van der Waals surface area (Å²) in [5.74, 6) is 0.386. The Morgan fingerprint density at radius 1 is 0.969 bits per heavy atom. The molecule has 0 aliphatic heterocycles. The second-order valence-corrected chi connectivity index (χ2v) is 10.2. The molecule has 166 valence electrons. The normalized spacial score (nSPS) is 15.4. The van der Waals surface area contributed by atoms with Gasteiger partial charge in [-0.1, -0.05) is 54.8 Å². The van der Waals surface area contributed by atoms with Gasteiger partial charge < -0.3 is 5.32 Å². The maximum atomic E-state index is 13.4. The molecule has 0 bridgehead atoms. The van der Waals surface area contributed by atoms with Gasteiger partial charge in [0.05, 0.1) is 16.0 Å². The van der Waals surface area contributed by atoms with E-state index in [1.165, 1.54) is 19.2 Å². The van der Waals surface area contributed by atoms with Crippen molar-refractivity contribution in [1.29, 1.82) is 0 Å². The number of amides is 1. The number of rotatable bonds is 6. The molecule has 1 heterocycles. The van der Waals surface area contributed by atoms with Gasteiger partial charge in [-0.05, 0) is 61.9 Å². The first kappa shape index (κ1) is 22.5. The van der Waals surface area contributed by atoms with Gasteiger partial charge in [0, 0.05) is 10.6 Å². The zero-order valence-electron chi connectivity index (χ0n) is 17.6. The van der Waals surface area contributed by atoms with Crippen LogP contribution in [-0.2, 0) is 20.2 Å². The number of benzene rings is 2. The zero-order chi connectivity index (χ0) is 22.8. The van der Waals surface area contributed by atoms with Crippen molar-refractivity contribution in [3.05, 3.63) is 77.3 Å². The summed E-state index contributed by atoms with van der Waals surface area (Å²) < 4.78 is 26.2. The molecule has 0 radical (unpaired) electrons. The summed E-state index contributed by atoms with van der Waals surface area (Å²) in [6.45, 7) is 0. The Labute approximate surface area is 193 Å². The molecule has 1 aliphatic carbocycles. The predicted octanol–water partition coefficient (Wildman–Crippen LogP) is 4.76. The van der Waals surface area contributed by atoms with Gasteiger partial charge in [0.1, 0.15) is 5.82 Å². The zero-order valence-corrected chi connectivity index (χ0v) is 19.2. The first-order valence-corrected chi connectivity index (χ1v) is 12.3. The highest BCUT2D eigenvalue weighted by Gasteiger charge is 2.42. The highest BCUT2D eigenvalue weighted by Crippen LogP contribution is 2.42. The summed E-state index contributed by atoms with van der Waals surface area (Å²) in [5.41, 5.74) is 1.77. The van der Waals surface area contributed by atoms with Crippen LogP contribution in [0.3, 0.4) is 0 Å². The number of hydrogen-bond acceptors (Lipinski definition) is 4. The van der Waals surface area contributed by atoms with Crippen molar-refractivity contribution in [2.45, 2.75) is 36.0 Å². The van der Waals surface area contributed by atoms with Crippen LogP contribution < -0.4 is 10.0 Å². The first-order chi connectivity index (χ1) is 15.3. The van der Waals surface area contributed by atoms with Crippen molar-refractivity contribution in [2.75, 3.05) is 12.4 Å². The Bertz CT molecular complexity index is 1220. The van der Waals surface area contributed by atoms with Crippen molar-refractivity contribution >= 4 is 33.3 Å². The van der Waals surface area contributed by atoms with Gasteiger partial charge in [0.15, 0.2) is 0 Å². The van der Waals surface area contributed by atoms with Crippen LogP contribution >= 0.6 is 11.6 Å². The number of anilines is 1. The van der Waals surface area contributed by atoms with Crippen LogP contribution in [-0.4, -0.2) is 26.4 Å². The average Bonchev–Trinajstić information content (AvgIpc) is 3.31. The Morgan fingerprint density at radius 2 is 1.62 bits per heavy atom. The number of halogens is 1. The molecule has 1 aliphatic rings. The third-order valence-corrected chi connectivity index (χ3v) is 7.69. The SMILES string of the molecule is CNS(=O)(=O)c1ccc(-c2cccc(NC(=O)C3(c4ccc(Cl)cc4)CCCC3)n2)cc1. The maximum absolute atomic E-state index is 13.4. The molecule has 1 amide bonds. The van der Waals surface area contributed by atoms with Gasteiger partial charge in [0.25, 0.3) is 0 Å². The fourth-order valence-corrected chi connectivity index (χ4v) is 5.07. The molecular formula is C24H24ClN3O3S. The Balaban J connectivity index is 1.58. The molecule has 8 heteroatoms. The highest BCUT2D eigenvalue weighted by molar-refractivity contribution is 7.89. The van der Waals surface area contributed by atoms with Crippen LogP contribution in [0.5, 0.6) is 0 Å². The Hall–Kier alpha value is -2.74. The molecule has 1 fully saturated rings. The van der Waals surface area contributed by atoms with Crippen LogP contribution in [0.25, 0.3) is 11.3 Å². The van der Waals surface area contributed by atoms with Crippen molar-refractivity contribution in [3.63, 3.8) is 0 Å². The minimum atomic E-state index is -3.50. The van der Waals surface area contributed by atoms with Gasteiger partial charge >= 0.3 is 0 Å². The van der Waals surface area contributed by atoms with Crippen LogP contribution in [0.15, 0.2) is 71.6 Å². The number of nitrogens with zero attached hydrogens (tertiary/aromatic N) is 1. The summed E-state index contributed by atoms with van der Waals surface area (Å²) in [4.78, 5) is 18.2. The summed E-state index contributed by atoms with van der Waals surface area (Å²) in [5, 5.41) is 3.65. The largest absolute Gasteiger partial charge is 0.310 e. The fourth-order valence-electron chi connectivity index (χ4n) is 4.22. The molecule has 0 saturated heterocycles. The lowest BCUT2D eigenvalue weighted by molar-refractivity contribution is -0.121. The van der Waals surface area contributed by atoms with E-state index < -0.39 is 15.4 Å². The second kappa shape index (κ2) is 9.02. The van der Waals surface area contributed by atoms with Gasteiger partial charge in [-0.25, -0.2) is 18.1 Å². The fraction of sp³-hybridized carbons (Fsp3) is 0.250. The predicted molar refractivity (Wildman–Crippen MR) is 126 cm³/mol. The van der Waals surface area contributed by atoms with E-state index in [-0.39, 0.29) is 10.8 Å². The van der Waals surface area contributed by atoms with Gasteiger partial charge in [-0.3, -0.25) is 4.79 Å². The average molecular weight is 470 g/mol. The summed E-state index contributed by atoms with van der Waals surface area (Å²) in [7, 11) is -2.13. The number of sulfonamides is 1. The van der Waals surface area contributed by atoms with E-state index in [9.17, 15) is 13.2 Å². The molecular weight excluding hydrogens is 446 g/mol. The van der Waals surface area contributed by atoms with Crippen molar-refractivity contribution in [2.24, 2.45) is 0 Å². The van der Waals surface area contributed by atoms with E-state index in [0.29, 0.717) is 16.5 Å². The van der Waals surface area contributed by atoms with Gasteiger partial charge in [-0.15, -0.1) is 0 Å². The van der Waals surface area contributed by atoms with Crippen LogP contribution in [0.4, 0.5) is 5.82 Å². The molecule has 2 aromatic carbocycles. The molecule has 1 saturated carbocycles. The number of nitrogens with one attached hydrogen (secondary N) is 2. The van der Waals surface area contributed by atoms with Gasteiger partial charge in [-0.2, -0.15) is 0 Å². The standard InChI is InChI=1S/C24H24ClN3O3S/c1-26-32(30,31)20-13-7-17(8-14-20)21-5-4-6-22(27-21)28-23(29)24(15-2-3-16-24)18-9-11-19(25)12-10-18/h4-14,26H,2-3,15-16H2,1H3,(H,27,28,29). The molecule has 4 rings (SSSR count). The molecule has 0 unspecified atom stereocenters. The number of carbonyl (C=O) groups is 1. The molecule has 0 spiro atoms. The molecule has 1 aromatic heterocycles. The number of pyridine rings is 1. The lowest BCUT2D eigenvalue weighted by Crippen LogP contribution is -2.38. The Kier molecular flexibility index (Phi) is 6.33. The van der Waals surface area contributed by atoms with E-state index in [4.69, 9.17) is 11.6 Å². The Morgan fingerprint density at radius 3 is 2.25 bits per heavy atom. The summed E-state index contributed by atoms with van der Waals surface area (Å²) in [6, 6.07) is 19.4. The van der Waals surface area contributed by atoms with E-state index in [2.05, 4.69) is 15.0 Å². The summed E-state index contributed by atoms with van der Waals surface area (Å²) >= 11 is 6.04. The number of hydrogen-bond donors (Lipinski definition) is 2. The minimum Gasteiger partial charge on any atom is -0.310 e. The van der Waals surface area contributed by atoms with E-state index >= 15 is 0 Å². The van der Waals surface area contributed by atoms with Crippen LogP contribution in [0.2, 0.25) is 5.02 Å². The highest BCUT2D eigenvalue weighted by atomic mass is 35.5. The minimum absolute atomic E-state index is 0.0718. The molecule has 0 atom stereocenters. The van der Waals surface area contributed by atoms with Crippen molar-refractivity contribution < 1.29 is 13.2 Å². The smallest absolute Gasteiger partial charge is 0.240 e. The topological polar surface area (TPSA) is 88.2 Å². The third-order valence-electron chi connectivity index (χ3n) is 6.01. The molecule has 6 nitrogen and oxygen atoms in total. The maximum Gasteiger partial charge on any atom is 0.240 e. The monoisotopic (exact) mass is 469 g/mol. The van der Waals surface area contributed by atoms with E-state index in [1.54, 1.807) is 18.2 Å². The molecule has 3 aromatic rings. The third kappa shape index (κ3) is 4.41. The van der Waals surface area contributed by atoms with E-state index in [1.807, 2.05) is 36.4 Å². The lowest BCUT2D eigenvalue weighted by Gasteiger charge is -2.28.